The molecule has 0 bridgehead atoms. The van der Waals surface area contributed by atoms with E-state index in [-0.39, 0.29) is 5.02 Å². The summed E-state index contributed by atoms with van der Waals surface area (Å²) in [5, 5.41) is 12.1. The van der Waals surface area contributed by atoms with Gasteiger partial charge in [0.2, 0.25) is 0 Å². The maximum atomic E-state index is 11.3. The highest BCUT2D eigenvalue weighted by molar-refractivity contribution is 6.32. The molecule has 116 valence electrons. The monoisotopic (exact) mass is 328 g/mol. The topological polar surface area (TPSA) is 79.4 Å². The fourth-order valence-corrected chi connectivity index (χ4v) is 2.22. The molecule has 0 radical (unpaired) electrons. The first-order chi connectivity index (χ1) is 11.2. The van der Waals surface area contributed by atoms with E-state index in [9.17, 15) is 4.79 Å². The minimum absolute atomic E-state index is 0.0164. The van der Waals surface area contributed by atoms with Gasteiger partial charge in [0, 0.05) is 0 Å². The van der Waals surface area contributed by atoms with Gasteiger partial charge in [-0.2, -0.15) is 10.2 Å². The number of methoxy groups -OCH3 is 1. The van der Waals surface area contributed by atoms with Gasteiger partial charge in [-0.05, 0) is 34.5 Å². The molecule has 0 spiro atoms. The molecule has 0 atom stereocenters. The van der Waals surface area contributed by atoms with Crippen molar-refractivity contribution in [1.29, 1.82) is 0 Å². The molecule has 0 fully saturated rings. The molecule has 2 N–H and O–H groups in total. The van der Waals surface area contributed by atoms with E-state index < -0.39 is 5.56 Å². The predicted octanol–water partition coefficient (Wildman–Crippen LogP) is 3.03. The van der Waals surface area contributed by atoms with E-state index in [4.69, 9.17) is 16.3 Å². The van der Waals surface area contributed by atoms with E-state index in [2.05, 4.69) is 20.7 Å². The zero-order valence-electron chi connectivity index (χ0n) is 12.2. The van der Waals surface area contributed by atoms with Gasteiger partial charge in [-0.15, -0.1) is 0 Å². The lowest BCUT2D eigenvalue weighted by molar-refractivity contribution is 0.415. The van der Waals surface area contributed by atoms with Gasteiger partial charge in [-0.25, -0.2) is 5.10 Å². The summed E-state index contributed by atoms with van der Waals surface area (Å²) in [6.07, 6.45) is 3.04. The Bertz CT molecular complexity index is 937. The number of H-pyrrole nitrogens is 1. The van der Waals surface area contributed by atoms with Crippen molar-refractivity contribution < 1.29 is 4.74 Å². The number of benzene rings is 2. The molecule has 0 saturated heterocycles. The highest BCUT2D eigenvalue weighted by Gasteiger charge is 2.03. The number of hydrazone groups is 1. The summed E-state index contributed by atoms with van der Waals surface area (Å²) >= 11 is 5.85. The number of aromatic nitrogens is 2. The fourth-order valence-electron chi connectivity index (χ4n) is 2.09. The molecule has 7 heteroatoms. The molecule has 2 aromatic carbocycles. The molecule has 0 aliphatic heterocycles. The highest BCUT2D eigenvalue weighted by atomic mass is 35.5. The van der Waals surface area contributed by atoms with Crippen molar-refractivity contribution in [2.45, 2.75) is 0 Å². The number of fused-ring (bicyclic) bond motifs is 1. The number of anilines is 1. The zero-order chi connectivity index (χ0) is 16.2. The van der Waals surface area contributed by atoms with Crippen molar-refractivity contribution in [2.75, 3.05) is 12.5 Å². The van der Waals surface area contributed by atoms with Crippen LogP contribution in [0.3, 0.4) is 0 Å². The van der Waals surface area contributed by atoms with Crippen molar-refractivity contribution >= 4 is 34.3 Å². The Hall–Kier alpha value is -2.86. The molecular weight excluding hydrogens is 316 g/mol. The van der Waals surface area contributed by atoms with Gasteiger partial charge >= 0.3 is 0 Å². The average Bonchev–Trinajstić information content (AvgIpc) is 2.58. The van der Waals surface area contributed by atoms with E-state index in [1.54, 1.807) is 13.3 Å². The molecule has 0 aliphatic carbocycles. The second kappa shape index (κ2) is 6.50. The number of rotatable bonds is 4. The SMILES string of the molecule is COc1ccc2cc(/C=N\Nc3cn[nH]c(=O)c3Cl)ccc2c1. The Morgan fingerprint density at radius 1 is 1.26 bits per heavy atom. The zero-order valence-corrected chi connectivity index (χ0v) is 13.0. The Kier molecular flexibility index (Phi) is 4.25. The lowest BCUT2D eigenvalue weighted by Crippen LogP contribution is -2.10. The standard InChI is InChI=1S/C16H13ClN4O2/c1-23-13-5-4-11-6-10(2-3-12(11)7-13)8-18-20-14-9-19-21-16(22)15(14)17/h2-9H,1H3,(H2,20,21,22)/b18-8-. The largest absolute Gasteiger partial charge is 0.497 e. The Morgan fingerprint density at radius 2 is 2.04 bits per heavy atom. The first-order valence-electron chi connectivity index (χ1n) is 6.77. The molecule has 1 heterocycles. The number of hydrogen-bond acceptors (Lipinski definition) is 5. The van der Waals surface area contributed by atoms with Gasteiger partial charge < -0.3 is 4.74 Å². The van der Waals surface area contributed by atoms with E-state index in [0.717, 1.165) is 22.1 Å². The third-order valence-corrected chi connectivity index (χ3v) is 3.64. The summed E-state index contributed by atoms with van der Waals surface area (Å²) in [6, 6.07) is 11.8. The summed E-state index contributed by atoms with van der Waals surface area (Å²) in [6.45, 7) is 0. The van der Waals surface area contributed by atoms with Gasteiger partial charge in [0.15, 0.2) is 0 Å². The highest BCUT2D eigenvalue weighted by Crippen LogP contribution is 2.21. The van der Waals surface area contributed by atoms with Crippen LogP contribution >= 0.6 is 11.6 Å². The predicted molar refractivity (Wildman–Crippen MR) is 91.6 cm³/mol. The van der Waals surface area contributed by atoms with Gasteiger partial charge in [0.25, 0.3) is 5.56 Å². The minimum atomic E-state index is -0.466. The van der Waals surface area contributed by atoms with Gasteiger partial charge in [-0.1, -0.05) is 29.8 Å². The van der Waals surface area contributed by atoms with Crippen LogP contribution in [-0.4, -0.2) is 23.5 Å². The Balaban J connectivity index is 1.81. The number of ether oxygens (including phenoxy) is 1. The number of hydrogen-bond donors (Lipinski definition) is 2. The van der Waals surface area contributed by atoms with E-state index in [1.165, 1.54) is 6.20 Å². The molecule has 3 aromatic rings. The van der Waals surface area contributed by atoms with Crippen LogP contribution in [0.2, 0.25) is 5.02 Å². The molecule has 0 saturated carbocycles. The van der Waals surface area contributed by atoms with Gasteiger partial charge in [-0.3, -0.25) is 10.2 Å². The second-order valence-electron chi connectivity index (χ2n) is 4.77. The lowest BCUT2D eigenvalue weighted by atomic mass is 10.1. The van der Waals surface area contributed by atoms with Crippen LogP contribution in [0.5, 0.6) is 5.75 Å². The van der Waals surface area contributed by atoms with Crippen molar-refractivity contribution in [3.05, 3.63) is 63.5 Å². The molecule has 3 rings (SSSR count). The van der Waals surface area contributed by atoms with Crippen LogP contribution in [0.1, 0.15) is 5.56 Å². The van der Waals surface area contributed by atoms with Gasteiger partial charge in [0.1, 0.15) is 16.5 Å². The van der Waals surface area contributed by atoms with E-state index >= 15 is 0 Å². The van der Waals surface area contributed by atoms with Crippen molar-refractivity contribution in [2.24, 2.45) is 5.10 Å². The van der Waals surface area contributed by atoms with E-state index in [0.29, 0.717) is 5.69 Å². The average molecular weight is 329 g/mol. The molecule has 6 nitrogen and oxygen atoms in total. The van der Waals surface area contributed by atoms with Gasteiger partial charge in [0.05, 0.1) is 19.5 Å². The first-order valence-corrected chi connectivity index (χ1v) is 7.15. The molecular formula is C16H13ClN4O2. The maximum absolute atomic E-state index is 11.3. The third-order valence-electron chi connectivity index (χ3n) is 3.27. The second-order valence-corrected chi connectivity index (χ2v) is 5.15. The molecule has 0 unspecified atom stereocenters. The van der Waals surface area contributed by atoms with Crippen LogP contribution < -0.4 is 15.7 Å². The van der Waals surface area contributed by atoms with Crippen LogP contribution in [0.4, 0.5) is 5.69 Å². The Labute approximate surface area is 136 Å². The Morgan fingerprint density at radius 3 is 2.87 bits per heavy atom. The minimum Gasteiger partial charge on any atom is -0.497 e. The number of aromatic amines is 1. The smallest absolute Gasteiger partial charge is 0.285 e. The van der Waals surface area contributed by atoms with Crippen LogP contribution in [0.15, 0.2) is 52.5 Å². The van der Waals surface area contributed by atoms with Crippen LogP contribution in [0, 0.1) is 0 Å². The van der Waals surface area contributed by atoms with Crippen LogP contribution in [-0.2, 0) is 0 Å². The fraction of sp³-hybridized carbons (Fsp3) is 0.0625. The number of nitrogens with one attached hydrogen (secondary N) is 2. The molecule has 1 aromatic heterocycles. The third kappa shape index (κ3) is 3.32. The van der Waals surface area contributed by atoms with Crippen molar-refractivity contribution in [1.82, 2.24) is 10.2 Å². The normalized spacial score (nSPS) is 11.0. The summed E-state index contributed by atoms with van der Waals surface area (Å²) in [5.41, 5.74) is 3.49. The van der Waals surface area contributed by atoms with Crippen molar-refractivity contribution in [3.8, 4) is 5.75 Å². The summed E-state index contributed by atoms with van der Waals surface area (Å²) in [4.78, 5) is 11.3. The molecule has 23 heavy (non-hydrogen) atoms. The first kappa shape index (κ1) is 15.1. The lowest BCUT2D eigenvalue weighted by Gasteiger charge is -2.04. The maximum Gasteiger partial charge on any atom is 0.285 e. The molecule has 0 aliphatic rings. The number of nitrogens with zero attached hydrogens (tertiary/aromatic N) is 2. The van der Waals surface area contributed by atoms with Crippen LogP contribution in [0.25, 0.3) is 10.8 Å². The van der Waals surface area contributed by atoms with E-state index in [1.807, 2.05) is 36.4 Å². The summed E-state index contributed by atoms with van der Waals surface area (Å²) in [7, 11) is 1.64. The number of halogens is 1. The molecule has 0 amide bonds. The van der Waals surface area contributed by atoms with Crippen molar-refractivity contribution in [3.63, 3.8) is 0 Å². The summed E-state index contributed by atoms with van der Waals surface area (Å²) in [5.74, 6) is 0.817. The summed E-state index contributed by atoms with van der Waals surface area (Å²) < 4.78 is 5.20. The quantitative estimate of drug-likeness (QED) is 0.570.